The van der Waals surface area contributed by atoms with Crippen molar-refractivity contribution in [2.45, 2.75) is 98.5 Å². The van der Waals surface area contributed by atoms with Crippen LogP contribution < -0.4 is 10.6 Å². The quantitative estimate of drug-likeness (QED) is 0.106. The molecular formula is C51H53N9O6S3. The molecule has 356 valence electrons. The summed E-state index contributed by atoms with van der Waals surface area (Å²) in [6, 6.07) is 18.9. The van der Waals surface area contributed by atoms with E-state index in [1.807, 2.05) is 118 Å². The van der Waals surface area contributed by atoms with Gasteiger partial charge in [0.2, 0.25) is 11.8 Å². The van der Waals surface area contributed by atoms with E-state index < -0.39 is 47.4 Å². The molecule has 4 aromatic heterocycles. The molecule has 2 aliphatic heterocycles. The number of esters is 1. The van der Waals surface area contributed by atoms with Crippen LogP contribution in [0, 0.1) is 33.1 Å². The molecule has 1 saturated heterocycles. The summed E-state index contributed by atoms with van der Waals surface area (Å²) in [5.74, 6) is -0.445. The zero-order chi connectivity index (χ0) is 49.1. The van der Waals surface area contributed by atoms with Gasteiger partial charge >= 0.3 is 5.97 Å². The summed E-state index contributed by atoms with van der Waals surface area (Å²) in [5.41, 5.74) is 10.1. The van der Waals surface area contributed by atoms with Crippen LogP contribution in [0.15, 0.2) is 77.2 Å². The van der Waals surface area contributed by atoms with E-state index in [0.717, 1.165) is 69.8 Å². The van der Waals surface area contributed by atoms with Crippen LogP contribution in [0.25, 0.3) is 36.8 Å². The molecule has 9 rings (SSSR count). The molecule has 3 N–H and O–H groups in total. The number of β-amino-alcohol motifs (C(OH)–C–C–N with tert-alkyl or cyclic N) is 1. The molecule has 5 atom stereocenters. The van der Waals surface area contributed by atoms with E-state index in [9.17, 15) is 24.3 Å². The van der Waals surface area contributed by atoms with Crippen molar-refractivity contribution < 1.29 is 29.0 Å². The number of carbonyl (C=O) groups is 4. The van der Waals surface area contributed by atoms with Crippen LogP contribution >= 0.6 is 34.0 Å². The Morgan fingerprint density at radius 3 is 2.28 bits per heavy atom. The minimum Gasteiger partial charge on any atom is -0.469 e. The zero-order valence-electron chi connectivity index (χ0n) is 39.8. The highest BCUT2D eigenvalue weighted by molar-refractivity contribution is 7.20. The van der Waals surface area contributed by atoms with Crippen molar-refractivity contribution in [1.29, 1.82) is 0 Å². The minimum atomic E-state index is -1.03. The number of fused-ring (bicyclic) bond motifs is 4. The van der Waals surface area contributed by atoms with Crippen molar-refractivity contribution in [3.05, 3.63) is 122 Å². The largest absolute Gasteiger partial charge is 0.469 e. The maximum Gasteiger partial charge on any atom is 0.308 e. The Bertz CT molecular complexity index is 3160. The molecule has 2 aliphatic rings. The number of amides is 3. The molecule has 3 amide bonds. The predicted molar refractivity (Wildman–Crippen MR) is 269 cm³/mol. The molecule has 0 bridgehead atoms. The van der Waals surface area contributed by atoms with Crippen LogP contribution in [0.2, 0.25) is 0 Å². The van der Waals surface area contributed by atoms with Crippen molar-refractivity contribution in [3.63, 3.8) is 0 Å². The van der Waals surface area contributed by atoms with E-state index in [1.54, 1.807) is 22.7 Å². The third kappa shape index (κ3) is 9.25. The Kier molecular flexibility index (Phi) is 13.0. The Balaban J connectivity index is 0.914. The SMILES string of the molecule is COC(=O)C[C@@H]1N=C(c2ccc(-c3ccc4sc(C(=O)NC(C(=O)N5C[C@H](O)C[C@H]5C(=O)N[C@@H](C)c5ccc(-c6scnc6C)cc5)C(C)(C)C)nc4c3)cc2)c2c(sc(C)c2C)-n2c(C)nnc21. The number of benzene rings is 3. The fraction of sp³-hybridized carbons (Fsp3) is 0.353. The van der Waals surface area contributed by atoms with Gasteiger partial charge in [0.1, 0.15) is 29.0 Å². The molecule has 0 spiro atoms. The van der Waals surface area contributed by atoms with E-state index in [2.05, 4.69) is 39.7 Å². The van der Waals surface area contributed by atoms with Gasteiger partial charge in [0.05, 0.1) is 57.7 Å². The van der Waals surface area contributed by atoms with Crippen LogP contribution in [0.5, 0.6) is 0 Å². The molecule has 0 aliphatic carbocycles. The number of thiophene rings is 1. The van der Waals surface area contributed by atoms with Gasteiger partial charge in [-0.15, -0.1) is 44.2 Å². The minimum absolute atomic E-state index is 0.0113. The molecule has 1 fully saturated rings. The lowest BCUT2D eigenvalue weighted by atomic mass is 9.85. The van der Waals surface area contributed by atoms with Gasteiger partial charge in [-0.25, -0.2) is 9.97 Å². The number of aromatic nitrogens is 5. The monoisotopic (exact) mass is 983 g/mol. The number of aliphatic imine (C=N–C) groups is 1. The Morgan fingerprint density at radius 1 is 0.899 bits per heavy atom. The van der Waals surface area contributed by atoms with Crippen molar-refractivity contribution in [1.82, 2.24) is 40.3 Å². The summed E-state index contributed by atoms with van der Waals surface area (Å²) in [5, 5.41) is 26.8. The number of hydrogen-bond acceptors (Lipinski definition) is 14. The number of hydrogen-bond donors (Lipinski definition) is 3. The Labute approximate surface area is 411 Å². The summed E-state index contributed by atoms with van der Waals surface area (Å²) in [6.45, 7) is 15.4. The molecule has 0 saturated carbocycles. The van der Waals surface area contributed by atoms with E-state index >= 15 is 0 Å². The number of aryl methyl sites for hydroxylation is 3. The number of carbonyl (C=O) groups excluding carboxylic acids is 4. The molecule has 3 aromatic carbocycles. The second-order valence-electron chi connectivity index (χ2n) is 18.7. The fourth-order valence-electron chi connectivity index (χ4n) is 9.00. The third-order valence-electron chi connectivity index (χ3n) is 12.9. The molecular weight excluding hydrogens is 931 g/mol. The molecule has 7 aromatic rings. The number of aliphatic hydroxyl groups is 1. The first-order valence-corrected chi connectivity index (χ1v) is 25.2. The number of rotatable bonds is 11. The maximum absolute atomic E-state index is 14.4. The zero-order valence-corrected chi connectivity index (χ0v) is 42.2. The smallest absolute Gasteiger partial charge is 0.308 e. The van der Waals surface area contributed by atoms with E-state index in [0.29, 0.717) is 17.2 Å². The summed E-state index contributed by atoms with van der Waals surface area (Å²) < 4.78 is 7.84. The van der Waals surface area contributed by atoms with Crippen LogP contribution in [0.1, 0.15) is 107 Å². The number of thiazole rings is 2. The van der Waals surface area contributed by atoms with Crippen molar-refractivity contribution in [3.8, 4) is 26.6 Å². The van der Waals surface area contributed by atoms with Crippen molar-refractivity contribution in [2.75, 3.05) is 13.7 Å². The molecule has 6 heterocycles. The highest BCUT2D eigenvalue weighted by Gasteiger charge is 2.45. The van der Waals surface area contributed by atoms with Gasteiger partial charge in [0.25, 0.3) is 5.91 Å². The lowest BCUT2D eigenvalue weighted by Gasteiger charge is -2.35. The first-order chi connectivity index (χ1) is 32.9. The highest BCUT2D eigenvalue weighted by Crippen LogP contribution is 2.40. The topological polar surface area (TPSA) is 194 Å². The van der Waals surface area contributed by atoms with Crippen molar-refractivity contribution in [2.24, 2.45) is 10.4 Å². The van der Waals surface area contributed by atoms with Crippen LogP contribution in [0.3, 0.4) is 0 Å². The average molecular weight is 984 g/mol. The van der Waals surface area contributed by atoms with Gasteiger partial charge in [0, 0.05) is 29.0 Å². The third-order valence-corrected chi connectivity index (χ3v) is 16.1. The number of aliphatic hydroxyl groups excluding tert-OH is 1. The highest BCUT2D eigenvalue weighted by atomic mass is 32.1. The van der Waals surface area contributed by atoms with Gasteiger partial charge in [-0.2, -0.15) is 0 Å². The summed E-state index contributed by atoms with van der Waals surface area (Å²) >= 11 is 4.44. The summed E-state index contributed by atoms with van der Waals surface area (Å²) in [4.78, 5) is 72.8. The number of nitrogens with one attached hydrogen (secondary N) is 2. The lowest BCUT2D eigenvalue weighted by molar-refractivity contribution is -0.142. The molecule has 69 heavy (non-hydrogen) atoms. The fourth-order valence-corrected chi connectivity index (χ4v) is 11.9. The summed E-state index contributed by atoms with van der Waals surface area (Å²) in [7, 11) is 1.36. The normalized spacial score (nSPS) is 17.7. The summed E-state index contributed by atoms with van der Waals surface area (Å²) in [6.07, 6.45) is -0.816. The Morgan fingerprint density at radius 2 is 1.59 bits per heavy atom. The van der Waals surface area contributed by atoms with Crippen LogP contribution in [0.4, 0.5) is 0 Å². The lowest BCUT2D eigenvalue weighted by Crippen LogP contribution is -2.57. The van der Waals surface area contributed by atoms with Gasteiger partial charge in [-0.1, -0.05) is 75.4 Å². The van der Waals surface area contributed by atoms with E-state index in [4.69, 9.17) is 14.7 Å². The van der Waals surface area contributed by atoms with Gasteiger partial charge in [0.15, 0.2) is 10.8 Å². The second-order valence-corrected chi connectivity index (χ2v) is 21.8. The molecule has 1 unspecified atom stereocenters. The number of nitrogens with zero attached hydrogens (tertiary/aromatic N) is 7. The Hall–Kier alpha value is -6.47. The van der Waals surface area contributed by atoms with Crippen molar-refractivity contribution >= 4 is 73.6 Å². The van der Waals surface area contributed by atoms with Gasteiger partial charge in [-0.3, -0.25) is 28.7 Å². The van der Waals surface area contributed by atoms with Crippen LogP contribution in [-0.2, 0) is 19.1 Å². The van der Waals surface area contributed by atoms with E-state index in [1.165, 1.54) is 23.3 Å². The maximum atomic E-state index is 14.4. The number of ether oxygens (including phenoxy) is 1. The first kappa shape index (κ1) is 47.6. The number of likely N-dealkylation sites (tertiary alicyclic amines) is 1. The molecule has 0 radical (unpaired) electrons. The van der Waals surface area contributed by atoms with Crippen LogP contribution in [-0.4, -0.2) is 96.0 Å². The van der Waals surface area contributed by atoms with E-state index in [-0.39, 0.29) is 36.3 Å². The first-order valence-electron chi connectivity index (χ1n) is 22.7. The predicted octanol–water partition coefficient (Wildman–Crippen LogP) is 8.40. The molecule has 18 heteroatoms. The average Bonchev–Trinajstić information content (AvgIpc) is 4.16. The number of methoxy groups -OCH3 is 1. The second kappa shape index (κ2) is 18.8. The van der Waals surface area contributed by atoms with Gasteiger partial charge < -0.3 is 25.4 Å². The van der Waals surface area contributed by atoms with Gasteiger partial charge in [-0.05, 0) is 80.0 Å². The molecule has 15 nitrogen and oxygen atoms in total. The standard InChI is InChI=1S/C51H53N9O6S3/c1-25-28(4)68-50-41(25)42(54-37(22-40(62)66-9)45-58-57-29(5)60(45)50)32-14-12-31(13-15-32)34-18-19-39-36(20-34)55-48(69-39)47(64)56-44(51(6,7)8)49(65)59-23-35(61)21-38(59)46(63)53-26(2)30-10-16-33(17-11-30)43-27(3)52-24-67-43/h10-20,24,26,35,37-38,44,61H,21-23H2,1-9H3,(H,53,63)(H,56,64)/t26-,35+,37-,38-,44?/m0/s1.